The van der Waals surface area contributed by atoms with Gasteiger partial charge in [0.05, 0.1) is 10.6 Å². The summed E-state index contributed by atoms with van der Waals surface area (Å²) >= 11 is 0. The lowest BCUT2D eigenvalue weighted by Crippen LogP contribution is -2.33. The van der Waals surface area contributed by atoms with Crippen LogP contribution in [0.2, 0.25) is 0 Å². The van der Waals surface area contributed by atoms with Gasteiger partial charge in [0, 0.05) is 31.0 Å². The Morgan fingerprint density at radius 3 is 2.35 bits per heavy atom. The summed E-state index contributed by atoms with van der Waals surface area (Å²) in [6.07, 6.45) is 3.14. The van der Waals surface area contributed by atoms with Crippen LogP contribution in [-0.4, -0.2) is 33.2 Å². The van der Waals surface area contributed by atoms with E-state index in [0.29, 0.717) is 28.6 Å². The Morgan fingerprint density at radius 2 is 1.65 bits per heavy atom. The number of aromatic nitrogens is 2. The summed E-state index contributed by atoms with van der Waals surface area (Å²) in [5.74, 6) is 0.478. The highest BCUT2D eigenvalue weighted by Crippen LogP contribution is 2.25. The second-order valence-electron chi connectivity index (χ2n) is 7.10. The first kappa shape index (κ1) is 23.2. The number of nitrogens with zero attached hydrogens (tertiary/aromatic N) is 2. The molecule has 2 heterocycles. The molecule has 9 heteroatoms. The molecule has 0 aliphatic rings. The van der Waals surface area contributed by atoms with Gasteiger partial charge in [0.1, 0.15) is 34.0 Å². The Balaban J connectivity index is 1.31. The molecule has 0 bridgehead atoms. The smallest absolute Gasteiger partial charge is 0.269 e. The maximum atomic E-state index is 13.0. The lowest BCUT2D eigenvalue weighted by atomic mass is 10.1. The standard InChI is InChI=1S/C25H21FN4O3S/c26-19-8-12-21(13-9-19)33-20-10-6-18(7-11-20)23-4-1-5-24(30-23)25(31)28-15-16-29-34(32)22-3-2-14-27-17-22/h1-14,17,29H,15-16H2,(H,28,31). The van der Waals surface area contributed by atoms with Crippen LogP contribution >= 0.6 is 0 Å². The maximum absolute atomic E-state index is 13.0. The molecule has 7 nitrogen and oxygen atoms in total. The summed E-state index contributed by atoms with van der Waals surface area (Å²) in [6, 6.07) is 21.6. The zero-order chi connectivity index (χ0) is 23.8. The minimum Gasteiger partial charge on any atom is -0.457 e. The molecule has 2 N–H and O–H groups in total. The summed E-state index contributed by atoms with van der Waals surface area (Å²) in [4.78, 5) is 21.4. The van der Waals surface area contributed by atoms with E-state index in [1.807, 2.05) is 18.2 Å². The SMILES string of the molecule is O=C(NCCNS(=O)c1cccnc1)c1cccc(-c2ccc(Oc3ccc(F)cc3)cc2)n1. The van der Waals surface area contributed by atoms with Gasteiger partial charge in [-0.2, -0.15) is 0 Å². The zero-order valence-corrected chi connectivity index (χ0v) is 18.8. The van der Waals surface area contributed by atoms with Crippen molar-refractivity contribution in [3.8, 4) is 22.8 Å². The van der Waals surface area contributed by atoms with E-state index in [4.69, 9.17) is 4.74 Å². The Kier molecular flexibility index (Phi) is 7.69. The predicted octanol–water partition coefficient (Wildman–Crippen LogP) is 4.12. The van der Waals surface area contributed by atoms with E-state index in [0.717, 1.165) is 5.56 Å². The van der Waals surface area contributed by atoms with Crippen molar-refractivity contribution in [2.24, 2.45) is 0 Å². The van der Waals surface area contributed by atoms with Crippen LogP contribution in [0.5, 0.6) is 11.5 Å². The molecule has 2 aromatic carbocycles. The molecule has 0 radical (unpaired) electrons. The van der Waals surface area contributed by atoms with E-state index in [-0.39, 0.29) is 24.0 Å². The van der Waals surface area contributed by atoms with Crippen LogP contribution in [0.3, 0.4) is 0 Å². The van der Waals surface area contributed by atoms with Crippen molar-refractivity contribution in [3.63, 3.8) is 0 Å². The number of ether oxygens (including phenoxy) is 1. The molecule has 0 saturated heterocycles. The van der Waals surface area contributed by atoms with Gasteiger partial charge in [-0.25, -0.2) is 18.3 Å². The van der Waals surface area contributed by atoms with Gasteiger partial charge in [0.25, 0.3) is 5.91 Å². The van der Waals surface area contributed by atoms with Crippen LogP contribution < -0.4 is 14.8 Å². The zero-order valence-electron chi connectivity index (χ0n) is 18.0. The van der Waals surface area contributed by atoms with Crippen molar-refractivity contribution in [2.75, 3.05) is 13.1 Å². The number of benzene rings is 2. The highest BCUT2D eigenvalue weighted by Gasteiger charge is 2.10. The molecule has 2 aromatic heterocycles. The third-order valence-electron chi connectivity index (χ3n) is 4.67. The van der Waals surface area contributed by atoms with Crippen molar-refractivity contribution in [2.45, 2.75) is 4.90 Å². The molecule has 0 fully saturated rings. The van der Waals surface area contributed by atoms with E-state index in [9.17, 15) is 13.4 Å². The molecule has 4 rings (SSSR count). The van der Waals surface area contributed by atoms with Crippen molar-refractivity contribution in [1.82, 2.24) is 20.0 Å². The quantitative estimate of drug-likeness (QED) is 0.355. The van der Waals surface area contributed by atoms with Crippen molar-refractivity contribution in [1.29, 1.82) is 0 Å². The molecule has 4 aromatic rings. The average Bonchev–Trinajstić information content (AvgIpc) is 2.89. The second-order valence-corrected chi connectivity index (χ2v) is 8.39. The van der Waals surface area contributed by atoms with Crippen molar-refractivity contribution >= 4 is 16.9 Å². The number of carbonyl (C=O) groups is 1. The van der Waals surface area contributed by atoms with E-state index in [1.54, 1.807) is 54.7 Å². The van der Waals surface area contributed by atoms with Crippen LogP contribution in [-0.2, 0) is 11.0 Å². The van der Waals surface area contributed by atoms with Gasteiger partial charge in [-0.15, -0.1) is 0 Å². The minimum absolute atomic E-state index is 0.275. The van der Waals surface area contributed by atoms with Crippen LogP contribution in [0.15, 0.2) is 96.2 Å². The van der Waals surface area contributed by atoms with Gasteiger partial charge in [0.2, 0.25) is 0 Å². The highest BCUT2D eigenvalue weighted by molar-refractivity contribution is 7.83. The Morgan fingerprint density at radius 1 is 0.912 bits per heavy atom. The number of pyridine rings is 2. The van der Waals surface area contributed by atoms with Crippen molar-refractivity contribution in [3.05, 3.63) is 103 Å². The average molecular weight is 477 g/mol. The fourth-order valence-electron chi connectivity index (χ4n) is 3.00. The topological polar surface area (TPSA) is 93.2 Å². The number of amides is 1. The molecule has 1 unspecified atom stereocenters. The Bertz CT molecular complexity index is 1270. The van der Waals surface area contributed by atoms with Crippen LogP contribution in [0.25, 0.3) is 11.3 Å². The van der Waals surface area contributed by atoms with E-state index < -0.39 is 11.0 Å². The molecular formula is C25H21FN4O3S. The van der Waals surface area contributed by atoms with Gasteiger partial charge in [-0.1, -0.05) is 6.07 Å². The summed E-state index contributed by atoms with van der Waals surface area (Å²) in [5.41, 5.74) is 1.73. The first-order chi connectivity index (χ1) is 16.6. The first-order valence-corrected chi connectivity index (χ1v) is 11.6. The number of hydrogen-bond acceptors (Lipinski definition) is 5. The van der Waals surface area contributed by atoms with Gasteiger partial charge in [0.15, 0.2) is 0 Å². The first-order valence-electron chi connectivity index (χ1n) is 10.4. The maximum Gasteiger partial charge on any atom is 0.269 e. The number of carbonyl (C=O) groups excluding carboxylic acids is 1. The Hall–Kier alpha value is -3.95. The van der Waals surface area contributed by atoms with Gasteiger partial charge >= 0.3 is 0 Å². The molecule has 0 saturated carbocycles. The predicted molar refractivity (Wildman–Crippen MR) is 127 cm³/mol. The van der Waals surface area contributed by atoms with Gasteiger partial charge in [-0.05, 0) is 72.8 Å². The van der Waals surface area contributed by atoms with Crippen LogP contribution in [0, 0.1) is 5.82 Å². The fraction of sp³-hybridized carbons (Fsp3) is 0.0800. The third kappa shape index (κ3) is 6.31. The molecule has 0 aliphatic heterocycles. The second kappa shape index (κ2) is 11.3. The summed E-state index contributed by atoms with van der Waals surface area (Å²) in [5, 5.41) is 2.76. The molecule has 0 spiro atoms. The molecule has 172 valence electrons. The number of hydrogen-bond donors (Lipinski definition) is 2. The summed E-state index contributed by atoms with van der Waals surface area (Å²) < 4.78 is 33.7. The third-order valence-corrected chi connectivity index (χ3v) is 5.81. The molecular weight excluding hydrogens is 455 g/mol. The van der Waals surface area contributed by atoms with Gasteiger partial charge in [-0.3, -0.25) is 9.78 Å². The van der Waals surface area contributed by atoms with E-state index >= 15 is 0 Å². The molecule has 34 heavy (non-hydrogen) atoms. The normalized spacial score (nSPS) is 11.6. The molecule has 0 aliphatic carbocycles. The van der Waals surface area contributed by atoms with Crippen molar-refractivity contribution < 1.29 is 18.1 Å². The van der Waals surface area contributed by atoms with E-state index in [2.05, 4.69) is 20.0 Å². The monoisotopic (exact) mass is 476 g/mol. The number of halogens is 1. The van der Waals surface area contributed by atoms with Gasteiger partial charge < -0.3 is 10.1 Å². The number of rotatable bonds is 9. The van der Waals surface area contributed by atoms with E-state index in [1.165, 1.54) is 18.3 Å². The summed E-state index contributed by atoms with van der Waals surface area (Å²) in [7, 11) is -1.39. The van der Waals surface area contributed by atoms with Crippen LogP contribution in [0.1, 0.15) is 10.5 Å². The largest absolute Gasteiger partial charge is 0.457 e. The highest BCUT2D eigenvalue weighted by atomic mass is 32.2. The fourth-order valence-corrected chi connectivity index (χ4v) is 3.82. The minimum atomic E-state index is -1.39. The molecule has 1 atom stereocenters. The Labute approximate surface area is 198 Å². The molecule has 1 amide bonds. The number of nitrogens with one attached hydrogen (secondary N) is 2. The van der Waals surface area contributed by atoms with Crippen LogP contribution in [0.4, 0.5) is 4.39 Å². The summed E-state index contributed by atoms with van der Waals surface area (Å²) in [6.45, 7) is 0.606. The lowest BCUT2D eigenvalue weighted by molar-refractivity contribution is 0.0949. The lowest BCUT2D eigenvalue weighted by Gasteiger charge is -2.09.